The molecule has 66 valence electrons. The summed E-state index contributed by atoms with van der Waals surface area (Å²) in [6, 6.07) is 0. The van der Waals surface area contributed by atoms with Gasteiger partial charge in [-0.05, 0) is 26.3 Å². The van der Waals surface area contributed by atoms with Gasteiger partial charge in [0.05, 0.1) is 6.54 Å². The largest absolute Gasteiger partial charge is 0.355 e. The zero-order valence-electron chi connectivity index (χ0n) is 7.13. The fraction of sp³-hybridized carbons (Fsp3) is 0.857. The topological polar surface area (TPSA) is 32.3 Å². The average molecular weight is 176 g/mol. The predicted octanol–water partition coefficient (Wildman–Crippen LogP) is -0.0159. The summed E-state index contributed by atoms with van der Waals surface area (Å²) < 4.78 is 0. The molecule has 0 unspecified atom stereocenters. The Morgan fingerprint density at radius 2 is 2.18 bits per heavy atom. The lowest BCUT2D eigenvalue weighted by atomic mass is 10.4. The lowest BCUT2D eigenvalue weighted by molar-refractivity contribution is -0.121. The average Bonchev–Trinajstić information content (AvgIpc) is 1.86. The Labute approximate surface area is 73.6 Å². The number of likely N-dealkylation sites (N-methyl/N-ethyl adjacent to an activating group) is 1. The van der Waals surface area contributed by atoms with Gasteiger partial charge in [-0.3, -0.25) is 4.79 Å². The maximum Gasteiger partial charge on any atom is 0.234 e. The van der Waals surface area contributed by atoms with Crippen LogP contribution in [0.4, 0.5) is 0 Å². The monoisotopic (exact) mass is 176 g/mol. The molecule has 1 N–H and O–H groups in total. The Bertz CT molecular complexity index is 117. The molecule has 0 saturated carbocycles. The van der Waals surface area contributed by atoms with Gasteiger partial charge in [-0.15, -0.1) is 0 Å². The van der Waals surface area contributed by atoms with Crippen LogP contribution in [0.1, 0.15) is 6.42 Å². The molecule has 0 bridgehead atoms. The van der Waals surface area contributed by atoms with Crippen LogP contribution >= 0.6 is 12.6 Å². The third-order valence-corrected chi connectivity index (χ3v) is 1.43. The van der Waals surface area contributed by atoms with Crippen molar-refractivity contribution in [1.29, 1.82) is 0 Å². The standard InChI is InChI=1S/C7H16N2OS/c1-9(2)6-7(10)8-4-3-5-11/h11H,3-6H2,1-2H3,(H,8,10). The Hall–Kier alpha value is -0.220. The quantitative estimate of drug-likeness (QED) is 0.456. The van der Waals surface area contributed by atoms with Crippen molar-refractivity contribution in [3.8, 4) is 0 Å². The fourth-order valence-electron chi connectivity index (χ4n) is 0.650. The highest BCUT2D eigenvalue weighted by Gasteiger charge is 1.99. The van der Waals surface area contributed by atoms with Crippen molar-refractivity contribution in [2.75, 3.05) is 32.9 Å². The second kappa shape index (κ2) is 6.49. The number of thiol groups is 1. The summed E-state index contributed by atoms with van der Waals surface area (Å²) in [4.78, 5) is 12.8. The summed E-state index contributed by atoms with van der Waals surface area (Å²) in [5, 5.41) is 2.79. The molecule has 0 aliphatic carbocycles. The third kappa shape index (κ3) is 7.68. The summed E-state index contributed by atoms with van der Waals surface area (Å²) in [5.41, 5.74) is 0. The Kier molecular flexibility index (Phi) is 6.36. The normalized spacial score (nSPS) is 10.2. The van der Waals surface area contributed by atoms with Gasteiger partial charge in [0.25, 0.3) is 0 Å². The van der Waals surface area contributed by atoms with Gasteiger partial charge >= 0.3 is 0 Å². The molecule has 0 aliphatic heterocycles. The van der Waals surface area contributed by atoms with Gasteiger partial charge in [-0.25, -0.2) is 0 Å². The fourth-order valence-corrected chi connectivity index (χ4v) is 0.808. The molecular weight excluding hydrogens is 160 g/mol. The van der Waals surface area contributed by atoms with Crippen molar-refractivity contribution in [2.24, 2.45) is 0 Å². The molecule has 3 nitrogen and oxygen atoms in total. The SMILES string of the molecule is CN(C)CC(=O)NCCCS. The van der Waals surface area contributed by atoms with Crippen LogP contribution in [0.5, 0.6) is 0 Å². The number of rotatable bonds is 5. The van der Waals surface area contributed by atoms with Gasteiger partial charge in [0, 0.05) is 6.54 Å². The van der Waals surface area contributed by atoms with Gasteiger partial charge in [-0.1, -0.05) is 0 Å². The molecule has 0 fully saturated rings. The number of carbonyl (C=O) groups excluding carboxylic acids is 1. The first-order valence-corrected chi connectivity index (χ1v) is 4.32. The Morgan fingerprint density at radius 1 is 1.55 bits per heavy atom. The number of hydrogen-bond acceptors (Lipinski definition) is 3. The van der Waals surface area contributed by atoms with Crippen molar-refractivity contribution in [1.82, 2.24) is 10.2 Å². The van der Waals surface area contributed by atoms with Crippen LogP contribution in [0.25, 0.3) is 0 Å². The van der Waals surface area contributed by atoms with Crippen LogP contribution in [0.15, 0.2) is 0 Å². The van der Waals surface area contributed by atoms with Gasteiger partial charge in [0.1, 0.15) is 0 Å². The number of nitrogens with one attached hydrogen (secondary N) is 1. The molecule has 11 heavy (non-hydrogen) atoms. The molecule has 0 saturated heterocycles. The second-order valence-corrected chi connectivity index (χ2v) is 3.11. The summed E-state index contributed by atoms with van der Waals surface area (Å²) >= 11 is 4.03. The summed E-state index contributed by atoms with van der Waals surface area (Å²) in [6.45, 7) is 1.20. The minimum absolute atomic E-state index is 0.0804. The highest BCUT2D eigenvalue weighted by molar-refractivity contribution is 7.80. The van der Waals surface area contributed by atoms with Gasteiger partial charge in [0.15, 0.2) is 0 Å². The molecule has 0 aromatic heterocycles. The Morgan fingerprint density at radius 3 is 2.64 bits per heavy atom. The van der Waals surface area contributed by atoms with E-state index in [1.54, 1.807) is 0 Å². The minimum atomic E-state index is 0.0804. The highest BCUT2D eigenvalue weighted by Crippen LogP contribution is 1.80. The minimum Gasteiger partial charge on any atom is -0.355 e. The first-order valence-electron chi connectivity index (χ1n) is 3.69. The van der Waals surface area contributed by atoms with E-state index in [0.717, 1.165) is 18.7 Å². The van der Waals surface area contributed by atoms with E-state index in [2.05, 4.69) is 17.9 Å². The van der Waals surface area contributed by atoms with E-state index in [9.17, 15) is 4.79 Å². The second-order valence-electron chi connectivity index (χ2n) is 2.66. The van der Waals surface area contributed by atoms with E-state index in [4.69, 9.17) is 0 Å². The summed E-state index contributed by atoms with van der Waals surface area (Å²) in [6.07, 6.45) is 0.933. The van der Waals surface area contributed by atoms with Crippen molar-refractivity contribution in [3.63, 3.8) is 0 Å². The van der Waals surface area contributed by atoms with Crippen molar-refractivity contribution in [3.05, 3.63) is 0 Å². The number of nitrogens with zero attached hydrogens (tertiary/aromatic N) is 1. The summed E-state index contributed by atoms with van der Waals surface area (Å²) in [7, 11) is 3.75. The van der Waals surface area contributed by atoms with Crippen LogP contribution in [0.3, 0.4) is 0 Å². The highest BCUT2D eigenvalue weighted by atomic mass is 32.1. The first kappa shape index (κ1) is 10.8. The van der Waals surface area contributed by atoms with Crippen molar-refractivity contribution >= 4 is 18.5 Å². The van der Waals surface area contributed by atoms with E-state index in [1.807, 2.05) is 19.0 Å². The van der Waals surface area contributed by atoms with Crippen molar-refractivity contribution < 1.29 is 4.79 Å². The predicted molar refractivity (Wildman–Crippen MR) is 50.0 cm³/mol. The lowest BCUT2D eigenvalue weighted by Gasteiger charge is -2.08. The van der Waals surface area contributed by atoms with Gasteiger partial charge < -0.3 is 10.2 Å². The molecule has 0 spiro atoms. The molecule has 0 radical (unpaired) electrons. The van der Waals surface area contributed by atoms with Gasteiger partial charge in [-0.2, -0.15) is 12.6 Å². The zero-order chi connectivity index (χ0) is 8.69. The van der Waals surface area contributed by atoms with Crippen molar-refractivity contribution in [2.45, 2.75) is 6.42 Å². The molecular formula is C7H16N2OS. The molecule has 4 heteroatoms. The first-order chi connectivity index (χ1) is 5.16. The van der Waals surface area contributed by atoms with Crippen LogP contribution < -0.4 is 5.32 Å². The van der Waals surface area contributed by atoms with E-state index in [0.29, 0.717) is 6.54 Å². The number of carbonyl (C=O) groups is 1. The van der Waals surface area contributed by atoms with E-state index in [-0.39, 0.29) is 5.91 Å². The smallest absolute Gasteiger partial charge is 0.234 e. The van der Waals surface area contributed by atoms with E-state index in [1.165, 1.54) is 0 Å². The third-order valence-electron chi connectivity index (χ3n) is 1.12. The zero-order valence-corrected chi connectivity index (χ0v) is 8.03. The molecule has 0 aromatic carbocycles. The molecule has 0 atom stereocenters. The van der Waals surface area contributed by atoms with Gasteiger partial charge in [0.2, 0.25) is 5.91 Å². The summed E-state index contributed by atoms with van der Waals surface area (Å²) in [5.74, 6) is 0.902. The molecule has 0 aliphatic rings. The maximum atomic E-state index is 11.0. The Balaban J connectivity index is 3.23. The van der Waals surface area contributed by atoms with E-state index >= 15 is 0 Å². The lowest BCUT2D eigenvalue weighted by Crippen LogP contribution is -2.33. The van der Waals surface area contributed by atoms with Crippen LogP contribution in [0.2, 0.25) is 0 Å². The molecule has 1 amide bonds. The number of hydrogen-bond donors (Lipinski definition) is 2. The molecule has 0 heterocycles. The maximum absolute atomic E-state index is 11.0. The van der Waals surface area contributed by atoms with Crippen LogP contribution in [-0.2, 0) is 4.79 Å². The molecule has 0 rings (SSSR count). The number of amides is 1. The van der Waals surface area contributed by atoms with Crippen LogP contribution in [0, 0.1) is 0 Å². The molecule has 0 aromatic rings. The van der Waals surface area contributed by atoms with Crippen LogP contribution in [-0.4, -0.2) is 43.7 Å². The van der Waals surface area contributed by atoms with E-state index < -0.39 is 0 Å².